The maximum Gasteiger partial charge on any atom is 0.416 e. The van der Waals surface area contributed by atoms with Crippen LogP contribution in [0.3, 0.4) is 0 Å². The lowest BCUT2D eigenvalue weighted by Gasteiger charge is -2.27. The van der Waals surface area contributed by atoms with Gasteiger partial charge in [-0.25, -0.2) is 9.48 Å². The second kappa shape index (κ2) is 7.77. The van der Waals surface area contributed by atoms with Gasteiger partial charge in [0, 0.05) is 35.7 Å². The fourth-order valence-electron chi connectivity index (χ4n) is 3.26. The van der Waals surface area contributed by atoms with Crippen molar-refractivity contribution in [2.24, 2.45) is 0 Å². The fraction of sp³-hybridized carbons (Fsp3) is 0.350. The monoisotopic (exact) mass is 400 g/mol. The third-order valence-corrected chi connectivity index (χ3v) is 4.93. The number of ether oxygens (including phenoxy) is 2. The summed E-state index contributed by atoms with van der Waals surface area (Å²) >= 11 is 5.99. The molecule has 1 aliphatic rings. The number of carbonyl (C=O) groups is 1. The molecular formula is C20H21ClN4O3. The summed E-state index contributed by atoms with van der Waals surface area (Å²) in [6.07, 6.45) is 0.381. The smallest absolute Gasteiger partial charge is 0.391 e. The van der Waals surface area contributed by atoms with E-state index < -0.39 is 0 Å². The molecule has 1 aromatic carbocycles. The van der Waals surface area contributed by atoms with Crippen LogP contribution < -0.4 is 4.74 Å². The lowest BCUT2D eigenvalue weighted by molar-refractivity contribution is 0.114. The molecule has 0 aliphatic carbocycles. The molecule has 0 saturated heterocycles. The zero-order valence-corrected chi connectivity index (χ0v) is 16.6. The van der Waals surface area contributed by atoms with Gasteiger partial charge >= 0.3 is 6.09 Å². The first-order valence-electron chi connectivity index (χ1n) is 9.26. The number of amides is 1. The van der Waals surface area contributed by atoms with E-state index in [0.717, 1.165) is 28.8 Å². The molecule has 1 aliphatic heterocycles. The van der Waals surface area contributed by atoms with E-state index in [9.17, 15) is 4.79 Å². The molecule has 0 fully saturated rings. The molecule has 0 N–H and O–H groups in total. The van der Waals surface area contributed by atoms with Crippen molar-refractivity contribution >= 4 is 28.7 Å². The van der Waals surface area contributed by atoms with Gasteiger partial charge in [0.05, 0.1) is 17.9 Å². The second-order valence-corrected chi connectivity index (χ2v) is 7.07. The molecule has 0 radical (unpaired) electrons. The molecule has 28 heavy (non-hydrogen) atoms. The Morgan fingerprint density at radius 1 is 1.29 bits per heavy atom. The number of carbonyl (C=O) groups excluding carboxylic acids is 1. The standard InChI is InChI=1S/C20H21ClN4O3/c1-3-27-10-4-9-24-12-14-11-17-13(2)23-25(16-7-5-15(21)6-8-16)18(17)22-19(14)28-20(24)26/h5-8,11H,3-4,9-10,12H2,1-2H3. The van der Waals surface area contributed by atoms with Crippen molar-refractivity contribution in [2.75, 3.05) is 19.8 Å². The Kier molecular flexibility index (Phi) is 5.19. The number of pyridine rings is 1. The van der Waals surface area contributed by atoms with Crippen LogP contribution in [0.1, 0.15) is 24.6 Å². The zero-order valence-electron chi connectivity index (χ0n) is 15.8. The molecule has 0 atom stereocenters. The van der Waals surface area contributed by atoms with E-state index in [1.54, 1.807) is 21.7 Å². The van der Waals surface area contributed by atoms with E-state index in [0.29, 0.717) is 42.9 Å². The highest BCUT2D eigenvalue weighted by atomic mass is 35.5. The average molecular weight is 401 g/mol. The number of hydrogen-bond donors (Lipinski definition) is 0. The number of halogens is 1. The highest BCUT2D eigenvalue weighted by molar-refractivity contribution is 6.30. The molecule has 0 spiro atoms. The van der Waals surface area contributed by atoms with Gasteiger partial charge < -0.3 is 14.4 Å². The van der Waals surface area contributed by atoms with Crippen molar-refractivity contribution < 1.29 is 14.3 Å². The van der Waals surface area contributed by atoms with Crippen LogP contribution in [-0.2, 0) is 11.3 Å². The molecule has 146 valence electrons. The SMILES string of the molecule is CCOCCCN1Cc2cc3c(C)nn(-c4ccc(Cl)cc4)c3nc2OC1=O. The number of aromatic nitrogens is 3. The van der Waals surface area contributed by atoms with E-state index in [2.05, 4.69) is 10.1 Å². The molecular weight excluding hydrogens is 380 g/mol. The van der Waals surface area contributed by atoms with Crippen molar-refractivity contribution in [3.05, 3.63) is 46.6 Å². The number of fused-ring (bicyclic) bond motifs is 2. The number of rotatable bonds is 6. The highest BCUT2D eigenvalue weighted by Gasteiger charge is 2.27. The molecule has 3 aromatic rings. The van der Waals surface area contributed by atoms with Gasteiger partial charge in [-0.05, 0) is 50.6 Å². The summed E-state index contributed by atoms with van der Waals surface area (Å²) < 4.78 is 12.6. The first-order valence-corrected chi connectivity index (χ1v) is 9.64. The third kappa shape index (κ3) is 3.55. The van der Waals surface area contributed by atoms with E-state index in [1.165, 1.54) is 0 Å². The maximum absolute atomic E-state index is 12.3. The van der Waals surface area contributed by atoms with Gasteiger partial charge in [0.2, 0.25) is 5.88 Å². The highest BCUT2D eigenvalue weighted by Crippen LogP contribution is 2.30. The topological polar surface area (TPSA) is 69.5 Å². The first kappa shape index (κ1) is 18.7. The van der Waals surface area contributed by atoms with E-state index in [1.807, 2.05) is 32.0 Å². The summed E-state index contributed by atoms with van der Waals surface area (Å²) in [4.78, 5) is 18.6. The summed E-state index contributed by atoms with van der Waals surface area (Å²) in [6, 6.07) is 9.37. The van der Waals surface area contributed by atoms with Crippen LogP contribution in [0.15, 0.2) is 30.3 Å². The first-order chi connectivity index (χ1) is 13.6. The van der Waals surface area contributed by atoms with Crippen LogP contribution in [0.5, 0.6) is 5.88 Å². The Morgan fingerprint density at radius 2 is 2.07 bits per heavy atom. The summed E-state index contributed by atoms with van der Waals surface area (Å²) in [5, 5.41) is 6.19. The fourth-order valence-corrected chi connectivity index (χ4v) is 3.39. The molecule has 8 heteroatoms. The van der Waals surface area contributed by atoms with Gasteiger partial charge in [-0.15, -0.1) is 0 Å². The van der Waals surface area contributed by atoms with Crippen molar-refractivity contribution in [3.63, 3.8) is 0 Å². The predicted octanol–water partition coefficient (Wildman–Crippen LogP) is 4.12. The van der Waals surface area contributed by atoms with Gasteiger partial charge in [0.15, 0.2) is 5.65 Å². The molecule has 0 unspecified atom stereocenters. The van der Waals surface area contributed by atoms with E-state index in [4.69, 9.17) is 21.1 Å². The van der Waals surface area contributed by atoms with Gasteiger partial charge in [0.25, 0.3) is 0 Å². The lowest BCUT2D eigenvalue weighted by atomic mass is 10.1. The molecule has 7 nitrogen and oxygen atoms in total. The maximum atomic E-state index is 12.3. The third-order valence-electron chi connectivity index (χ3n) is 4.68. The number of benzene rings is 1. The summed E-state index contributed by atoms with van der Waals surface area (Å²) in [5.41, 5.74) is 3.23. The van der Waals surface area contributed by atoms with Gasteiger partial charge in [0.1, 0.15) is 0 Å². The molecule has 4 rings (SSSR count). The van der Waals surface area contributed by atoms with Crippen molar-refractivity contribution in [1.29, 1.82) is 0 Å². The molecule has 0 bridgehead atoms. The van der Waals surface area contributed by atoms with E-state index >= 15 is 0 Å². The Bertz CT molecular complexity index is 1020. The minimum Gasteiger partial charge on any atom is -0.391 e. The Balaban J connectivity index is 1.65. The number of nitrogens with zero attached hydrogens (tertiary/aromatic N) is 4. The Morgan fingerprint density at radius 3 is 2.82 bits per heavy atom. The number of hydrogen-bond acceptors (Lipinski definition) is 5. The Labute approximate surface area is 167 Å². The van der Waals surface area contributed by atoms with Crippen LogP contribution in [0.25, 0.3) is 16.7 Å². The van der Waals surface area contributed by atoms with Crippen LogP contribution in [0.4, 0.5) is 4.79 Å². The van der Waals surface area contributed by atoms with Gasteiger partial charge in [-0.2, -0.15) is 10.1 Å². The normalized spacial score (nSPS) is 13.7. The largest absolute Gasteiger partial charge is 0.416 e. The lowest BCUT2D eigenvalue weighted by Crippen LogP contribution is -2.38. The van der Waals surface area contributed by atoms with Crippen LogP contribution >= 0.6 is 11.6 Å². The molecule has 1 amide bonds. The minimum absolute atomic E-state index is 0.341. The quantitative estimate of drug-likeness (QED) is 0.582. The van der Waals surface area contributed by atoms with E-state index in [-0.39, 0.29) is 6.09 Å². The molecule has 2 aromatic heterocycles. The van der Waals surface area contributed by atoms with Crippen LogP contribution in [-0.4, -0.2) is 45.5 Å². The van der Waals surface area contributed by atoms with Crippen LogP contribution in [0, 0.1) is 6.92 Å². The number of aryl methyl sites for hydroxylation is 1. The summed E-state index contributed by atoms with van der Waals surface area (Å²) in [6.45, 7) is 6.24. The van der Waals surface area contributed by atoms with Gasteiger partial charge in [-0.1, -0.05) is 11.6 Å². The zero-order chi connectivity index (χ0) is 19.7. The van der Waals surface area contributed by atoms with Crippen molar-refractivity contribution in [1.82, 2.24) is 19.7 Å². The van der Waals surface area contributed by atoms with Crippen molar-refractivity contribution in [2.45, 2.75) is 26.8 Å². The summed E-state index contributed by atoms with van der Waals surface area (Å²) in [7, 11) is 0. The van der Waals surface area contributed by atoms with Gasteiger partial charge in [-0.3, -0.25) is 0 Å². The average Bonchev–Trinajstić information content (AvgIpc) is 3.00. The molecule has 0 saturated carbocycles. The van der Waals surface area contributed by atoms with Crippen LogP contribution in [0.2, 0.25) is 5.02 Å². The minimum atomic E-state index is -0.384. The second-order valence-electron chi connectivity index (χ2n) is 6.64. The predicted molar refractivity (Wildman–Crippen MR) is 106 cm³/mol. The van der Waals surface area contributed by atoms with Crippen molar-refractivity contribution in [3.8, 4) is 11.6 Å². The molecule has 3 heterocycles. The Hall–Kier alpha value is -2.64. The summed E-state index contributed by atoms with van der Waals surface area (Å²) in [5.74, 6) is 0.341.